The number of benzene rings is 2. The Morgan fingerprint density at radius 1 is 1.11 bits per heavy atom. The van der Waals surface area contributed by atoms with Crippen molar-refractivity contribution in [1.29, 1.82) is 0 Å². The van der Waals surface area contributed by atoms with E-state index >= 15 is 0 Å². The molecule has 2 aromatic carbocycles. The molecule has 3 heteroatoms. The van der Waals surface area contributed by atoms with Crippen molar-refractivity contribution in [2.75, 3.05) is 7.11 Å². The lowest BCUT2D eigenvalue weighted by Crippen LogP contribution is -2.11. The Hall–Kier alpha value is -1.25. The first-order chi connectivity index (χ1) is 8.28. The third kappa shape index (κ3) is 2.45. The van der Waals surface area contributed by atoms with Gasteiger partial charge in [-0.3, -0.25) is 0 Å². The second-order valence-corrected chi connectivity index (χ2v) is 4.84. The number of methoxy groups -OCH3 is 1. The largest absolute Gasteiger partial charge is 0.497 e. The summed E-state index contributed by atoms with van der Waals surface area (Å²) < 4.78 is 5.22. The zero-order valence-corrected chi connectivity index (χ0v) is 11.2. The van der Waals surface area contributed by atoms with Crippen molar-refractivity contribution in [2.24, 2.45) is 11.7 Å². The summed E-state index contributed by atoms with van der Waals surface area (Å²) in [5.74, 6) is 1.60. The highest BCUT2D eigenvalue weighted by Crippen LogP contribution is 2.40. The van der Waals surface area contributed by atoms with Gasteiger partial charge in [0.25, 0.3) is 0 Å². The van der Waals surface area contributed by atoms with Crippen LogP contribution in [0.1, 0.15) is 24.4 Å². The van der Waals surface area contributed by atoms with Gasteiger partial charge >= 0.3 is 0 Å². The average molecular weight is 264 g/mol. The first kappa shape index (κ1) is 13.2. The van der Waals surface area contributed by atoms with Crippen LogP contribution in [0.15, 0.2) is 36.4 Å². The molecule has 1 fully saturated rings. The molecule has 1 saturated carbocycles. The fraction of sp³-hybridized carbons (Fsp3) is 0.333. The highest BCUT2D eigenvalue weighted by atomic mass is 35.5. The lowest BCUT2D eigenvalue weighted by atomic mass is 9.99. The maximum Gasteiger partial charge on any atom is 0.119 e. The molecule has 0 aromatic heterocycles. The number of hydrogen-bond donors (Lipinski definition) is 1. The van der Waals surface area contributed by atoms with E-state index in [2.05, 4.69) is 30.3 Å². The second kappa shape index (κ2) is 5.17. The number of ether oxygens (including phenoxy) is 1. The van der Waals surface area contributed by atoms with Crippen LogP contribution in [0.5, 0.6) is 5.75 Å². The monoisotopic (exact) mass is 263 g/mol. The predicted molar refractivity (Wildman–Crippen MR) is 77.4 cm³/mol. The molecule has 3 rings (SSSR count). The van der Waals surface area contributed by atoms with Gasteiger partial charge in [0, 0.05) is 6.04 Å². The molecule has 96 valence electrons. The van der Waals surface area contributed by atoms with Crippen LogP contribution >= 0.6 is 12.4 Å². The zero-order chi connectivity index (χ0) is 11.8. The minimum Gasteiger partial charge on any atom is -0.497 e. The lowest BCUT2D eigenvalue weighted by molar-refractivity contribution is 0.415. The second-order valence-electron chi connectivity index (χ2n) is 4.84. The van der Waals surface area contributed by atoms with Crippen molar-refractivity contribution in [3.8, 4) is 5.75 Å². The molecule has 0 amide bonds. The molecule has 2 N–H and O–H groups in total. The molecular formula is C15H18ClNO. The molecule has 1 atom stereocenters. The molecule has 0 aliphatic heterocycles. The molecule has 1 aliphatic rings. The first-order valence-electron chi connectivity index (χ1n) is 6.11. The normalized spacial score (nSPS) is 16.1. The van der Waals surface area contributed by atoms with Gasteiger partial charge in [-0.15, -0.1) is 12.4 Å². The minimum atomic E-state index is 0. The summed E-state index contributed by atoms with van der Waals surface area (Å²) in [6, 6.07) is 12.8. The highest BCUT2D eigenvalue weighted by Gasteiger charge is 2.29. The predicted octanol–water partition coefficient (Wildman–Crippen LogP) is 3.68. The zero-order valence-electron chi connectivity index (χ0n) is 10.4. The van der Waals surface area contributed by atoms with E-state index in [4.69, 9.17) is 10.5 Å². The molecule has 18 heavy (non-hydrogen) atoms. The molecule has 1 aliphatic carbocycles. The quantitative estimate of drug-likeness (QED) is 0.917. The Morgan fingerprint density at radius 2 is 1.78 bits per heavy atom. The number of rotatable bonds is 3. The van der Waals surface area contributed by atoms with Crippen LogP contribution in [0.4, 0.5) is 0 Å². The van der Waals surface area contributed by atoms with Gasteiger partial charge in [-0.25, -0.2) is 0 Å². The summed E-state index contributed by atoms with van der Waals surface area (Å²) in [6.07, 6.45) is 2.56. The fourth-order valence-electron chi connectivity index (χ4n) is 2.30. The van der Waals surface area contributed by atoms with Crippen molar-refractivity contribution in [3.63, 3.8) is 0 Å². The molecule has 0 unspecified atom stereocenters. The van der Waals surface area contributed by atoms with Gasteiger partial charge in [0.2, 0.25) is 0 Å². The van der Waals surface area contributed by atoms with E-state index in [-0.39, 0.29) is 18.4 Å². The van der Waals surface area contributed by atoms with Crippen LogP contribution in [0, 0.1) is 5.92 Å². The summed E-state index contributed by atoms with van der Waals surface area (Å²) in [5, 5.41) is 2.44. The third-order valence-electron chi connectivity index (χ3n) is 3.59. The van der Waals surface area contributed by atoms with Crippen molar-refractivity contribution in [3.05, 3.63) is 42.0 Å². The van der Waals surface area contributed by atoms with Crippen LogP contribution in [0.25, 0.3) is 10.8 Å². The molecule has 0 spiro atoms. The van der Waals surface area contributed by atoms with Gasteiger partial charge in [-0.1, -0.05) is 18.2 Å². The Balaban J connectivity index is 0.00000120. The van der Waals surface area contributed by atoms with E-state index < -0.39 is 0 Å². The van der Waals surface area contributed by atoms with E-state index in [1.54, 1.807) is 7.11 Å². The van der Waals surface area contributed by atoms with Gasteiger partial charge in [0.15, 0.2) is 0 Å². The van der Waals surface area contributed by atoms with E-state index in [9.17, 15) is 0 Å². The van der Waals surface area contributed by atoms with Crippen LogP contribution in [-0.2, 0) is 0 Å². The Labute approximate surface area is 114 Å². The lowest BCUT2D eigenvalue weighted by Gasteiger charge is -2.12. The molecule has 0 bridgehead atoms. The van der Waals surface area contributed by atoms with Gasteiger partial charge in [-0.2, -0.15) is 0 Å². The van der Waals surface area contributed by atoms with E-state index in [1.165, 1.54) is 29.2 Å². The minimum absolute atomic E-state index is 0. The standard InChI is InChI=1S/C15H17NO.ClH/c1-17-14-7-6-11-8-13(5-4-12(11)9-14)15(16)10-2-3-10;/h4-10,15H,2-3,16H2,1H3;1H/t15-;/m0./s1. The summed E-state index contributed by atoms with van der Waals surface area (Å²) >= 11 is 0. The smallest absolute Gasteiger partial charge is 0.119 e. The van der Waals surface area contributed by atoms with Crippen LogP contribution in [0.3, 0.4) is 0 Å². The Kier molecular flexibility index (Phi) is 3.79. The van der Waals surface area contributed by atoms with Gasteiger partial charge in [0.1, 0.15) is 5.75 Å². The number of hydrogen-bond acceptors (Lipinski definition) is 2. The highest BCUT2D eigenvalue weighted by molar-refractivity contribution is 5.85. The van der Waals surface area contributed by atoms with Gasteiger partial charge < -0.3 is 10.5 Å². The van der Waals surface area contributed by atoms with E-state index in [1.807, 2.05) is 6.07 Å². The topological polar surface area (TPSA) is 35.2 Å². The Morgan fingerprint density at radius 3 is 2.44 bits per heavy atom. The summed E-state index contributed by atoms with van der Waals surface area (Å²) in [7, 11) is 1.69. The van der Waals surface area contributed by atoms with Crippen LogP contribution in [0.2, 0.25) is 0 Å². The van der Waals surface area contributed by atoms with Crippen molar-refractivity contribution in [1.82, 2.24) is 0 Å². The molecular weight excluding hydrogens is 246 g/mol. The van der Waals surface area contributed by atoms with Crippen molar-refractivity contribution >= 4 is 23.2 Å². The van der Waals surface area contributed by atoms with Crippen molar-refractivity contribution < 1.29 is 4.74 Å². The van der Waals surface area contributed by atoms with Crippen LogP contribution < -0.4 is 10.5 Å². The summed E-state index contributed by atoms with van der Waals surface area (Å²) in [4.78, 5) is 0. The Bertz CT molecular complexity index is 551. The first-order valence-corrected chi connectivity index (χ1v) is 6.11. The molecule has 2 aromatic rings. The van der Waals surface area contributed by atoms with Crippen molar-refractivity contribution in [2.45, 2.75) is 18.9 Å². The SMILES string of the molecule is COc1ccc2cc([C@@H](N)C3CC3)ccc2c1.Cl. The van der Waals surface area contributed by atoms with E-state index in [0.717, 1.165) is 5.75 Å². The third-order valence-corrected chi connectivity index (χ3v) is 3.59. The number of nitrogens with two attached hydrogens (primary N) is 1. The molecule has 0 saturated heterocycles. The van der Waals surface area contributed by atoms with Gasteiger partial charge in [0.05, 0.1) is 7.11 Å². The number of halogens is 1. The summed E-state index contributed by atoms with van der Waals surface area (Å²) in [5.41, 5.74) is 7.48. The molecule has 0 radical (unpaired) electrons. The summed E-state index contributed by atoms with van der Waals surface area (Å²) in [6.45, 7) is 0. The maximum atomic E-state index is 6.22. The molecule has 2 nitrogen and oxygen atoms in total. The van der Waals surface area contributed by atoms with Gasteiger partial charge in [-0.05, 0) is 53.3 Å². The maximum absolute atomic E-state index is 6.22. The molecule has 0 heterocycles. The van der Waals surface area contributed by atoms with Crippen LogP contribution in [-0.4, -0.2) is 7.11 Å². The average Bonchev–Trinajstić information content (AvgIpc) is 3.21. The fourth-order valence-corrected chi connectivity index (χ4v) is 2.30. The van der Waals surface area contributed by atoms with E-state index in [0.29, 0.717) is 5.92 Å². The number of fused-ring (bicyclic) bond motifs is 1.